The summed E-state index contributed by atoms with van der Waals surface area (Å²) in [5.41, 5.74) is 0.462. The second kappa shape index (κ2) is 7.28. The average Bonchev–Trinajstić information content (AvgIpc) is 2.58. The molecule has 0 aliphatic carbocycles. The fraction of sp³-hybridized carbons (Fsp3) is 0.0556. The van der Waals surface area contributed by atoms with E-state index >= 15 is 0 Å². The second-order valence-corrected chi connectivity index (χ2v) is 7.35. The average molecular weight is 393 g/mol. The molecule has 3 rings (SSSR count). The van der Waals surface area contributed by atoms with Crippen LogP contribution in [0.5, 0.6) is 0 Å². The molecule has 0 amide bonds. The van der Waals surface area contributed by atoms with Crippen LogP contribution < -0.4 is 10.0 Å². The van der Waals surface area contributed by atoms with Crippen LogP contribution >= 0.6 is 0 Å². The number of hydrogen-bond acceptors (Lipinski definition) is 4. The van der Waals surface area contributed by atoms with Gasteiger partial charge in [0.05, 0.1) is 22.5 Å². The Kier molecular flexibility index (Phi) is 5.04. The first-order valence-corrected chi connectivity index (χ1v) is 9.20. The lowest BCUT2D eigenvalue weighted by molar-refractivity contribution is 0.586. The first-order chi connectivity index (χ1) is 12.7. The van der Waals surface area contributed by atoms with Crippen LogP contribution in [0.15, 0.2) is 59.6 Å². The minimum Gasteiger partial charge on any atom is -0.338 e. The van der Waals surface area contributed by atoms with Gasteiger partial charge in [-0.3, -0.25) is 4.72 Å². The molecule has 0 fully saturated rings. The van der Waals surface area contributed by atoms with Crippen molar-refractivity contribution in [3.8, 4) is 0 Å². The van der Waals surface area contributed by atoms with Crippen LogP contribution in [-0.4, -0.2) is 13.4 Å². The van der Waals surface area contributed by atoms with Gasteiger partial charge in [0.2, 0.25) is 0 Å². The van der Waals surface area contributed by atoms with Crippen molar-refractivity contribution in [2.75, 3.05) is 10.0 Å². The van der Waals surface area contributed by atoms with Crippen LogP contribution in [0.4, 0.5) is 30.4 Å². The number of halogens is 3. The number of hydrogen-bond donors (Lipinski definition) is 2. The Morgan fingerprint density at radius 2 is 1.63 bits per heavy atom. The van der Waals surface area contributed by atoms with Crippen LogP contribution in [0.2, 0.25) is 0 Å². The van der Waals surface area contributed by atoms with Crippen molar-refractivity contribution in [3.63, 3.8) is 0 Å². The summed E-state index contributed by atoms with van der Waals surface area (Å²) < 4.78 is 66.9. The molecule has 0 spiro atoms. The van der Waals surface area contributed by atoms with Gasteiger partial charge in [0.15, 0.2) is 0 Å². The molecule has 2 aromatic carbocycles. The zero-order chi connectivity index (χ0) is 19.6. The van der Waals surface area contributed by atoms with Crippen LogP contribution in [-0.2, 0) is 10.0 Å². The third-order valence-corrected chi connectivity index (χ3v) is 5.18. The van der Waals surface area contributed by atoms with Crippen LogP contribution in [0.1, 0.15) is 5.56 Å². The highest BCUT2D eigenvalue weighted by atomic mass is 32.2. The molecular formula is C18H14F3N3O2S. The third kappa shape index (κ3) is 4.37. The van der Waals surface area contributed by atoms with Crippen molar-refractivity contribution in [2.45, 2.75) is 11.8 Å². The van der Waals surface area contributed by atoms with Gasteiger partial charge in [0.1, 0.15) is 23.3 Å². The number of nitrogens with zero attached hydrogens (tertiary/aromatic N) is 1. The molecule has 0 aliphatic rings. The molecule has 0 aliphatic heterocycles. The Balaban J connectivity index is 1.77. The van der Waals surface area contributed by atoms with Gasteiger partial charge in [-0.2, -0.15) is 0 Å². The van der Waals surface area contributed by atoms with Crippen LogP contribution in [0.25, 0.3) is 0 Å². The van der Waals surface area contributed by atoms with Gasteiger partial charge in [-0.05, 0) is 55.0 Å². The van der Waals surface area contributed by atoms with Crippen molar-refractivity contribution >= 4 is 27.2 Å². The second-order valence-electron chi connectivity index (χ2n) is 5.70. The summed E-state index contributed by atoms with van der Waals surface area (Å²) in [6.45, 7) is 1.49. The van der Waals surface area contributed by atoms with Gasteiger partial charge >= 0.3 is 0 Å². The molecule has 9 heteroatoms. The Hall–Kier alpha value is -3.07. The highest BCUT2D eigenvalue weighted by molar-refractivity contribution is 7.92. The maximum atomic E-state index is 13.6. The Morgan fingerprint density at radius 3 is 2.26 bits per heavy atom. The summed E-state index contributed by atoms with van der Waals surface area (Å²) >= 11 is 0. The van der Waals surface area contributed by atoms with Gasteiger partial charge in [-0.15, -0.1) is 0 Å². The number of anilines is 3. The number of benzene rings is 2. The molecule has 2 N–H and O–H groups in total. The molecular weight excluding hydrogens is 379 g/mol. The van der Waals surface area contributed by atoms with Crippen LogP contribution in [0.3, 0.4) is 0 Å². The van der Waals surface area contributed by atoms with Gasteiger partial charge < -0.3 is 5.32 Å². The molecule has 0 atom stereocenters. The minimum absolute atomic E-state index is 0.0270. The Bertz CT molecular complexity index is 1090. The van der Waals surface area contributed by atoms with Gasteiger partial charge in [-0.1, -0.05) is 0 Å². The molecule has 1 aromatic heterocycles. The first-order valence-electron chi connectivity index (χ1n) is 7.72. The number of nitrogens with one attached hydrogen (secondary N) is 2. The molecule has 3 aromatic rings. The molecule has 27 heavy (non-hydrogen) atoms. The largest absolute Gasteiger partial charge is 0.338 e. The van der Waals surface area contributed by atoms with E-state index in [2.05, 4.69) is 15.0 Å². The summed E-state index contributed by atoms with van der Waals surface area (Å²) in [6.07, 6.45) is 1.24. The number of pyridine rings is 1. The predicted octanol–water partition coefficient (Wildman–Crippen LogP) is 4.35. The van der Waals surface area contributed by atoms with E-state index in [1.807, 2.05) is 0 Å². The topological polar surface area (TPSA) is 71.1 Å². The normalized spacial score (nSPS) is 11.3. The fourth-order valence-corrected chi connectivity index (χ4v) is 3.65. The lowest BCUT2D eigenvalue weighted by Gasteiger charge is -2.11. The van der Waals surface area contributed by atoms with E-state index in [1.165, 1.54) is 37.4 Å². The standard InChI is InChI=1S/C18H14F3N3O2S/c1-11-8-12(19)3-6-17(11)27(25,26)24-14-4-7-18(22-10-14)23-16-5-2-13(20)9-15(16)21/h2-10,24H,1H3,(H,22,23). The van der Waals surface area contributed by atoms with Gasteiger partial charge in [0.25, 0.3) is 10.0 Å². The van der Waals surface area contributed by atoms with E-state index in [0.29, 0.717) is 0 Å². The Labute approximate surface area is 153 Å². The number of aryl methyl sites for hydroxylation is 1. The van der Waals surface area contributed by atoms with Crippen molar-refractivity contribution in [3.05, 3.63) is 77.7 Å². The van der Waals surface area contributed by atoms with Crippen LogP contribution in [0, 0.1) is 24.4 Å². The highest BCUT2D eigenvalue weighted by Gasteiger charge is 2.17. The molecule has 0 unspecified atom stereocenters. The van der Waals surface area contributed by atoms with Gasteiger partial charge in [0, 0.05) is 6.07 Å². The van der Waals surface area contributed by atoms with E-state index < -0.39 is 27.5 Å². The van der Waals surface area contributed by atoms with E-state index in [-0.39, 0.29) is 27.7 Å². The summed E-state index contributed by atoms with van der Waals surface area (Å²) in [5, 5.41) is 2.66. The zero-order valence-corrected chi connectivity index (χ0v) is 14.8. The SMILES string of the molecule is Cc1cc(F)ccc1S(=O)(=O)Nc1ccc(Nc2ccc(F)cc2F)nc1. The lowest BCUT2D eigenvalue weighted by Crippen LogP contribution is -2.14. The van der Waals surface area contributed by atoms with Crippen molar-refractivity contribution in [1.29, 1.82) is 0 Å². The quantitative estimate of drug-likeness (QED) is 0.676. The molecule has 1 heterocycles. The molecule has 5 nitrogen and oxygen atoms in total. The number of aromatic nitrogens is 1. The summed E-state index contributed by atoms with van der Waals surface area (Å²) in [7, 11) is -3.92. The third-order valence-electron chi connectivity index (χ3n) is 3.64. The molecule has 0 radical (unpaired) electrons. The zero-order valence-electron chi connectivity index (χ0n) is 14.0. The minimum atomic E-state index is -3.92. The van der Waals surface area contributed by atoms with Crippen molar-refractivity contribution in [2.24, 2.45) is 0 Å². The van der Waals surface area contributed by atoms with E-state index in [4.69, 9.17) is 0 Å². The summed E-state index contributed by atoms with van der Waals surface area (Å²) in [4.78, 5) is 3.94. The maximum absolute atomic E-state index is 13.6. The number of rotatable bonds is 5. The van der Waals surface area contributed by atoms with Crippen molar-refractivity contribution in [1.82, 2.24) is 4.98 Å². The predicted molar refractivity (Wildman–Crippen MR) is 95.8 cm³/mol. The smallest absolute Gasteiger partial charge is 0.262 e. The molecule has 0 saturated carbocycles. The van der Waals surface area contributed by atoms with E-state index in [1.54, 1.807) is 0 Å². The monoisotopic (exact) mass is 393 g/mol. The fourth-order valence-electron chi connectivity index (χ4n) is 2.38. The molecule has 0 bridgehead atoms. The molecule has 140 valence electrons. The number of sulfonamides is 1. The summed E-state index contributed by atoms with van der Waals surface area (Å²) in [5.74, 6) is -1.78. The first kappa shape index (κ1) is 18.7. The van der Waals surface area contributed by atoms with E-state index in [0.717, 1.165) is 24.3 Å². The maximum Gasteiger partial charge on any atom is 0.262 e. The van der Waals surface area contributed by atoms with E-state index in [9.17, 15) is 21.6 Å². The highest BCUT2D eigenvalue weighted by Crippen LogP contribution is 2.22. The van der Waals surface area contributed by atoms with Crippen molar-refractivity contribution < 1.29 is 21.6 Å². The molecule has 0 saturated heterocycles. The lowest BCUT2D eigenvalue weighted by atomic mass is 10.2. The Morgan fingerprint density at radius 1 is 0.926 bits per heavy atom. The van der Waals surface area contributed by atoms with Gasteiger partial charge in [-0.25, -0.2) is 26.6 Å². The summed E-state index contributed by atoms with van der Waals surface area (Å²) in [6, 6.07) is 9.26.